The van der Waals surface area contributed by atoms with E-state index in [0.29, 0.717) is 0 Å². The predicted molar refractivity (Wildman–Crippen MR) is 75.4 cm³/mol. The zero-order chi connectivity index (χ0) is 15.0. The van der Waals surface area contributed by atoms with E-state index in [4.69, 9.17) is 15.9 Å². The molecule has 0 aromatic heterocycles. The maximum absolute atomic E-state index is 12.7. The number of esters is 1. The second-order valence-corrected chi connectivity index (χ2v) is 4.91. The number of rotatable bonds is 2. The van der Waals surface area contributed by atoms with Gasteiger partial charge in [-0.1, -0.05) is 24.1 Å². The van der Waals surface area contributed by atoms with Crippen molar-refractivity contribution in [2.45, 2.75) is 5.41 Å². The van der Waals surface area contributed by atoms with Crippen molar-refractivity contribution in [1.29, 1.82) is 0 Å². The van der Waals surface area contributed by atoms with Gasteiger partial charge in [0.05, 0.1) is 11.8 Å². The third-order valence-corrected chi connectivity index (χ3v) is 3.86. The molecule has 5 heteroatoms. The van der Waals surface area contributed by atoms with E-state index in [-0.39, 0.29) is 24.7 Å². The van der Waals surface area contributed by atoms with Gasteiger partial charge in [-0.25, -0.2) is 4.79 Å². The van der Waals surface area contributed by atoms with Gasteiger partial charge in [-0.3, -0.25) is 4.79 Å². The highest BCUT2D eigenvalue weighted by Crippen LogP contribution is 2.48. The van der Waals surface area contributed by atoms with Crippen LogP contribution in [0.4, 0.5) is 5.69 Å². The number of fused-ring (bicyclic) bond motifs is 2. The molecule has 1 spiro atoms. The van der Waals surface area contributed by atoms with Crippen molar-refractivity contribution in [3.63, 3.8) is 0 Å². The summed E-state index contributed by atoms with van der Waals surface area (Å²) in [4.78, 5) is 26.3. The third-order valence-electron chi connectivity index (χ3n) is 3.86. The van der Waals surface area contributed by atoms with Crippen molar-refractivity contribution in [2.24, 2.45) is 0 Å². The normalized spacial score (nSPS) is 25.1. The molecule has 1 saturated heterocycles. The Hall–Kier alpha value is -2.74. The Bertz CT molecular complexity index is 700. The van der Waals surface area contributed by atoms with E-state index in [0.717, 1.165) is 11.3 Å². The van der Waals surface area contributed by atoms with Crippen LogP contribution in [0, 0.1) is 12.3 Å². The first kappa shape index (κ1) is 13.3. The van der Waals surface area contributed by atoms with Gasteiger partial charge in [0.25, 0.3) is 0 Å². The molecular weight excluding hydrogens is 270 g/mol. The van der Waals surface area contributed by atoms with E-state index >= 15 is 0 Å². The summed E-state index contributed by atoms with van der Waals surface area (Å²) in [6, 6.07) is 7.34. The van der Waals surface area contributed by atoms with Crippen molar-refractivity contribution in [1.82, 2.24) is 0 Å². The van der Waals surface area contributed by atoms with Crippen LogP contribution >= 0.6 is 0 Å². The van der Waals surface area contributed by atoms with Gasteiger partial charge in [-0.05, 0) is 11.6 Å². The Morgan fingerprint density at radius 1 is 1.48 bits per heavy atom. The maximum atomic E-state index is 12.7. The minimum atomic E-state index is -1.13. The average molecular weight is 283 g/mol. The zero-order valence-corrected chi connectivity index (χ0v) is 11.5. The van der Waals surface area contributed by atoms with Crippen molar-refractivity contribution in [3.05, 3.63) is 41.7 Å². The van der Waals surface area contributed by atoms with Gasteiger partial charge in [0.1, 0.15) is 18.6 Å². The highest BCUT2D eigenvalue weighted by Gasteiger charge is 2.59. The fraction of sp³-hybridized carbons (Fsp3) is 0.250. The summed E-state index contributed by atoms with van der Waals surface area (Å²) in [5.74, 6) is 1.56. The average Bonchev–Trinajstić information content (AvgIpc) is 2.94. The van der Waals surface area contributed by atoms with Gasteiger partial charge in [-0.2, -0.15) is 0 Å². The van der Waals surface area contributed by atoms with E-state index < -0.39 is 11.4 Å². The molecule has 1 atom stereocenters. The molecule has 2 heterocycles. The number of cyclic esters (lactones) is 1. The largest absolute Gasteiger partial charge is 0.488 e. The van der Waals surface area contributed by atoms with E-state index in [9.17, 15) is 9.59 Å². The molecule has 106 valence electrons. The summed E-state index contributed by atoms with van der Waals surface area (Å²) >= 11 is 0. The van der Waals surface area contributed by atoms with Crippen molar-refractivity contribution in [3.8, 4) is 12.3 Å². The van der Waals surface area contributed by atoms with Gasteiger partial charge < -0.3 is 14.4 Å². The lowest BCUT2D eigenvalue weighted by Gasteiger charge is -2.20. The number of likely N-dealkylation sites (N-methyl/N-ethyl adjacent to an activating group) is 1. The lowest BCUT2D eigenvalue weighted by atomic mass is 9.77. The number of ether oxygens (including phenoxy) is 2. The van der Waals surface area contributed by atoms with Crippen LogP contribution in [0.2, 0.25) is 0 Å². The number of para-hydroxylation sites is 1. The first-order valence-corrected chi connectivity index (χ1v) is 6.43. The van der Waals surface area contributed by atoms with Crippen LogP contribution in [0.3, 0.4) is 0 Å². The number of amides is 1. The highest BCUT2D eigenvalue weighted by atomic mass is 16.5. The molecule has 21 heavy (non-hydrogen) atoms. The molecule has 0 saturated carbocycles. The van der Waals surface area contributed by atoms with Gasteiger partial charge in [-0.15, -0.1) is 6.42 Å². The third kappa shape index (κ3) is 1.66. The van der Waals surface area contributed by atoms with Crippen molar-refractivity contribution in [2.75, 3.05) is 25.2 Å². The van der Waals surface area contributed by atoms with Gasteiger partial charge in [0.2, 0.25) is 5.91 Å². The first-order valence-electron chi connectivity index (χ1n) is 6.43. The predicted octanol–water partition coefficient (Wildman–Crippen LogP) is 0.991. The fourth-order valence-electron chi connectivity index (χ4n) is 2.86. The summed E-state index contributed by atoms with van der Waals surface area (Å²) in [6.07, 6.45) is 6.38. The van der Waals surface area contributed by atoms with Crippen LogP contribution in [-0.4, -0.2) is 32.1 Å². The second kappa shape index (κ2) is 4.67. The topological polar surface area (TPSA) is 55.8 Å². The van der Waals surface area contributed by atoms with Gasteiger partial charge in [0.15, 0.2) is 0 Å². The van der Waals surface area contributed by atoms with E-state index in [1.807, 2.05) is 24.3 Å². The summed E-state index contributed by atoms with van der Waals surface area (Å²) in [5, 5.41) is 0. The molecular formula is C16H13NO4. The second-order valence-electron chi connectivity index (χ2n) is 4.91. The number of anilines is 1. The molecule has 0 bridgehead atoms. The van der Waals surface area contributed by atoms with Crippen LogP contribution < -0.4 is 4.90 Å². The van der Waals surface area contributed by atoms with E-state index in [1.54, 1.807) is 7.05 Å². The molecule has 2 aliphatic heterocycles. The standard InChI is InChI=1S/C16H13NO4/c1-3-8-20-9-12-14(18)21-10-16(12)11-6-4-5-7-13(11)17(2)15(16)19/h1,4-7,9H,8,10H2,2H3/b12-9+. The van der Waals surface area contributed by atoms with Crippen molar-refractivity contribution >= 4 is 17.6 Å². The quantitative estimate of drug-likeness (QED) is 0.267. The molecule has 2 aliphatic rings. The van der Waals surface area contributed by atoms with Gasteiger partial charge in [0, 0.05) is 12.7 Å². The Morgan fingerprint density at radius 3 is 3.00 bits per heavy atom. The molecule has 0 N–H and O–H groups in total. The maximum Gasteiger partial charge on any atom is 0.338 e. The number of carbonyl (C=O) groups is 2. The zero-order valence-electron chi connectivity index (χ0n) is 11.5. The Labute approximate surface area is 122 Å². The van der Waals surface area contributed by atoms with Gasteiger partial charge >= 0.3 is 5.97 Å². The molecule has 0 aliphatic carbocycles. The Balaban J connectivity index is 2.15. The molecule has 1 fully saturated rings. The fourth-order valence-corrected chi connectivity index (χ4v) is 2.86. The summed E-state index contributed by atoms with van der Waals surface area (Å²) < 4.78 is 10.3. The molecule has 1 aromatic carbocycles. The number of benzene rings is 1. The number of hydrogen-bond donors (Lipinski definition) is 0. The number of terminal acetylenes is 1. The van der Waals surface area contributed by atoms with E-state index in [2.05, 4.69) is 5.92 Å². The van der Waals surface area contributed by atoms with Crippen molar-refractivity contribution < 1.29 is 19.1 Å². The lowest BCUT2D eigenvalue weighted by Crippen LogP contribution is -2.40. The van der Waals surface area contributed by atoms with Crippen LogP contribution in [0.5, 0.6) is 0 Å². The SMILES string of the molecule is C#CCO/C=C1\C(=O)OCC12C(=O)N(C)c1ccccc12. The summed E-state index contributed by atoms with van der Waals surface area (Å²) in [6.45, 7) is 0.00973. The smallest absolute Gasteiger partial charge is 0.338 e. The minimum absolute atomic E-state index is 0.0166. The Kier molecular flexibility index (Phi) is 2.95. The number of carbonyl (C=O) groups excluding carboxylic acids is 2. The van der Waals surface area contributed by atoms with E-state index in [1.165, 1.54) is 11.2 Å². The van der Waals surface area contributed by atoms with Crippen LogP contribution in [0.1, 0.15) is 5.56 Å². The first-order chi connectivity index (χ1) is 10.1. The molecule has 3 rings (SSSR count). The Morgan fingerprint density at radius 2 is 2.24 bits per heavy atom. The molecule has 0 radical (unpaired) electrons. The number of nitrogens with zero attached hydrogens (tertiary/aromatic N) is 1. The molecule has 1 amide bonds. The lowest BCUT2D eigenvalue weighted by molar-refractivity contribution is -0.135. The van der Waals surface area contributed by atoms with Crippen LogP contribution in [0.15, 0.2) is 36.1 Å². The monoisotopic (exact) mass is 283 g/mol. The molecule has 1 unspecified atom stereocenters. The molecule has 5 nitrogen and oxygen atoms in total. The van der Waals surface area contributed by atoms with Crippen LogP contribution in [0.25, 0.3) is 0 Å². The highest BCUT2D eigenvalue weighted by molar-refractivity contribution is 6.16. The van der Waals surface area contributed by atoms with Crippen LogP contribution in [-0.2, 0) is 24.5 Å². The summed E-state index contributed by atoms with van der Waals surface area (Å²) in [5.41, 5.74) is 0.582. The molecule has 1 aromatic rings. The summed E-state index contributed by atoms with van der Waals surface area (Å²) in [7, 11) is 1.68. The minimum Gasteiger partial charge on any atom is -0.488 e. The number of hydrogen-bond acceptors (Lipinski definition) is 4.